The smallest absolute Gasteiger partial charge is 0.255 e. The van der Waals surface area contributed by atoms with E-state index in [0.29, 0.717) is 23.4 Å². The molecular formula is C20H24N4O. The predicted octanol–water partition coefficient (Wildman–Crippen LogP) is 3.16. The number of carbonyl (C=O) groups excluding carboxylic acids is 1. The first kappa shape index (κ1) is 15.1. The molecule has 0 unspecified atom stereocenters. The van der Waals surface area contributed by atoms with E-state index >= 15 is 0 Å². The molecule has 0 radical (unpaired) electrons. The first-order valence-corrected chi connectivity index (χ1v) is 9.42. The van der Waals surface area contributed by atoms with E-state index in [1.807, 2.05) is 36.3 Å². The molecule has 0 spiro atoms. The lowest BCUT2D eigenvalue weighted by molar-refractivity contribution is -0.0491. The number of amides is 1. The second-order valence-corrected chi connectivity index (χ2v) is 8.19. The fourth-order valence-corrected chi connectivity index (χ4v) is 5.92. The third-order valence-corrected chi connectivity index (χ3v) is 6.68. The summed E-state index contributed by atoms with van der Waals surface area (Å²) in [6.45, 7) is 0. The molecule has 1 amide bonds. The SMILES string of the molecule is CN(C(=O)c1ccc(-n2cccn2)nc1)C1C2CC3CC(C2)CC1C3. The molecule has 2 aromatic rings. The average Bonchev–Trinajstić information content (AvgIpc) is 3.15. The lowest BCUT2D eigenvalue weighted by Crippen LogP contribution is -2.56. The Morgan fingerprint density at radius 1 is 1.12 bits per heavy atom. The monoisotopic (exact) mass is 336 g/mol. The van der Waals surface area contributed by atoms with Crippen molar-refractivity contribution in [1.29, 1.82) is 0 Å². The van der Waals surface area contributed by atoms with Crippen molar-refractivity contribution in [3.05, 3.63) is 42.4 Å². The van der Waals surface area contributed by atoms with Crippen LogP contribution in [0.2, 0.25) is 0 Å². The van der Waals surface area contributed by atoms with Gasteiger partial charge in [-0.15, -0.1) is 0 Å². The Labute approximate surface area is 148 Å². The molecule has 4 fully saturated rings. The Balaban J connectivity index is 1.35. The van der Waals surface area contributed by atoms with Gasteiger partial charge in [0.2, 0.25) is 0 Å². The zero-order chi connectivity index (χ0) is 17.0. The summed E-state index contributed by atoms with van der Waals surface area (Å²) in [6, 6.07) is 6.02. The van der Waals surface area contributed by atoms with Gasteiger partial charge < -0.3 is 4.90 Å². The minimum atomic E-state index is 0.108. The van der Waals surface area contributed by atoms with Gasteiger partial charge in [0.1, 0.15) is 0 Å². The maximum atomic E-state index is 13.0. The maximum absolute atomic E-state index is 13.0. The summed E-state index contributed by atoms with van der Waals surface area (Å²) in [5, 5.41) is 4.18. The van der Waals surface area contributed by atoms with Crippen molar-refractivity contribution in [2.45, 2.75) is 38.1 Å². The van der Waals surface area contributed by atoms with Crippen molar-refractivity contribution in [1.82, 2.24) is 19.7 Å². The number of nitrogens with zero attached hydrogens (tertiary/aromatic N) is 4. The highest BCUT2D eigenvalue weighted by Crippen LogP contribution is 2.55. The predicted molar refractivity (Wildman–Crippen MR) is 94.3 cm³/mol. The summed E-state index contributed by atoms with van der Waals surface area (Å²) in [4.78, 5) is 19.5. The quantitative estimate of drug-likeness (QED) is 0.865. The second-order valence-electron chi connectivity index (χ2n) is 8.19. The molecule has 5 heteroatoms. The van der Waals surface area contributed by atoms with Crippen LogP contribution in [0.1, 0.15) is 42.5 Å². The molecule has 0 aliphatic heterocycles. The van der Waals surface area contributed by atoms with Crippen molar-refractivity contribution < 1.29 is 4.79 Å². The van der Waals surface area contributed by atoms with Crippen LogP contribution in [0.5, 0.6) is 0 Å². The largest absolute Gasteiger partial charge is 0.338 e. The molecule has 2 heterocycles. The molecular weight excluding hydrogens is 312 g/mol. The van der Waals surface area contributed by atoms with Crippen molar-refractivity contribution in [3.8, 4) is 5.82 Å². The minimum absolute atomic E-state index is 0.108. The number of pyridine rings is 1. The Morgan fingerprint density at radius 2 is 1.84 bits per heavy atom. The Bertz CT molecular complexity index is 740. The van der Waals surface area contributed by atoms with E-state index in [1.54, 1.807) is 17.1 Å². The molecule has 4 aliphatic rings. The van der Waals surface area contributed by atoms with Gasteiger partial charge in [0.25, 0.3) is 5.91 Å². The molecule has 4 saturated carbocycles. The summed E-state index contributed by atoms with van der Waals surface area (Å²) >= 11 is 0. The zero-order valence-corrected chi connectivity index (χ0v) is 14.6. The molecule has 0 aromatic carbocycles. The van der Waals surface area contributed by atoms with Crippen LogP contribution in [0, 0.1) is 23.7 Å². The molecule has 130 valence electrons. The van der Waals surface area contributed by atoms with Gasteiger partial charge in [0.05, 0.1) is 5.56 Å². The van der Waals surface area contributed by atoms with Gasteiger partial charge in [-0.2, -0.15) is 5.10 Å². The molecule has 4 bridgehead atoms. The van der Waals surface area contributed by atoms with Gasteiger partial charge in [0, 0.05) is 31.7 Å². The minimum Gasteiger partial charge on any atom is -0.338 e. The van der Waals surface area contributed by atoms with Crippen LogP contribution in [0.4, 0.5) is 0 Å². The van der Waals surface area contributed by atoms with Crippen molar-refractivity contribution in [2.24, 2.45) is 23.7 Å². The van der Waals surface area contributed by atoms with Crippen molar-refractivity contribution in [2.75, 3.05) is 7.05 Å². The topological polar surface area (TPSA) is 51.0 Å². The van der Waals surface area contributed by atoms with Crippen LogP contribution in [-0.4, -0.2) is 38.7 Å². The van der Waals surface area contributed by atoms with Crippen LogP contribution in [0.3, 0.4) is 0 Å². The summed E-state index contributed by atoms with van der Waals surface area (Å²) in [6.07, 6.45) is 12.0. The van der Waals surface area contributed by atoms with E-state index in [0.717, 1.165) is 17.7 Å². The van der Waals surface area contributed by atoms with E-state index in [2.05, 4.69) is 10.1 Å². The van der Waals surface area contributed by atoms with Crippen LogP contribution < -0.4 is 0 Å². The molecule has 0 saturated heterocycles. The highest BCUT2D eigenvalue weighted by atomic mass is 16.2. The summed E-state index contributed by atoms with van der Waals surface area (Å²) < 4.78 is 1.70. The lowest BCUT2D eigenvalue weighted by Gasteiger charge is -2.56. The van der Waals surface area contributed by atoms with E-state index in [1.165, 1.54) is 32.1 Å². The third-order valence-electron chi connectivity index (χ3n) is 6.68. The van der Waals surface area contributed by atoms with Crippen LogP contribution in [-0.2, 0) is 0 Å². The van der Waals surface area contributed by atoms with Crippen LogP contribution in [0.15, 0.2) is 36.8 Å². The number of carbonyl (C=O) groups is 1. The number of aromatic nitrogens is 3. The zero-order valence-electron chi connectivity index (χ0n) is 14.6. The van der Waals surface area contributed by atoms with Gasteiger partial charge in [-0.3, -0.25) is 4.79 Å². The van der Waals surface area contributed by atoms with Gasteiger partial charge in [-0.1, -0.05) is 0 Å². The number of hydrogen-bond acceptors (Lipinski definition) is 3. The van der Waals surface area contributed by atoms with Gasteiger partial charge >= 0.3 is 0 Å². The standard InChI is InChI=1S/C20H24N4O/c1-23(19-16-8-13-7-14(10-16)11-17(19)9-13)20(25)15-3-4-18(21-12-15)24-6-2-5-22-24/h2-6,12-14,16-17,19H,7-11H2,1H3. The summed E-state index contributed by atoms with van der Waals surface area (Å²) in [5.41, 5.74) is 0.673. The first-order chi connectivity index (χ1) is 12.2. The molecule has 5 nitrogen and oxygen atoms in total. The Kier molecular flexibility index (Phi) is 3.43. The van der Waals surface area contributed by atoms with E-state index in [4.69, 9.17) is 0 Å². The van der Waals surface area contributed by atoms with E-state index < -0.39 is 0 Å². The highest BCUT2D eigenvalue weighted by Gasteiger charge is 2.50. The van der Waals surface area contributed by atoms with Gasteiger partial charge in [-0.25, -0.2) is 9.67 Å². The molecule has 6 rings (SSSR count). The fourth-order valence-electron chi connectivity index (χ4n) is 5.92. The van der Waals surface area contributed by atoms with Crippen molar-refractivity contribution >= 4 is 5.91 Å². The normalized spacial score (nSPS) is 32.8. The average molecular weight is 336 g/mol. The summed E-state index contributed by atoms with van der Waals surface area (Å²) in [7, 11) is 2.00. The number of hydrogen-bond donors (Lipinski definition) is 0. The molecule has 0 atom stereocenters. The van der Waals surface area contributed by atoms with Crippen molar-refractivity contribution in [3.63, 3.8) is 0 Å². The van der Waals surface area contributed by atoms with Gasteiger partial charge in [0.15, 0.2) is 5.82 Å². The van der Waals surface area contributed by atoms with Crippen LogP contribution in [0.25, 0.3) is 5.82 Å². The summed E-state index contributed by atoms with van der Waals surface area (Å²) in [5.74, 6) is 4.12. The fraction of sp³-hybridized carbons (Fsp3) is 0.550. The molecule has 2 aromatic heterocycles. The molecule has 0 N–H and O–H groups in total. The lowest BCUT2D eigenvalue weighted by atomic mass is 9.54. The maximum Gasteiger partial charge on any atom is 0.255 e. The van der Waals surface area contributed by atoms with E-state index in [-0.39, 0.29) is 5.91 Å². The van der Waals surface area contributed by atoms with Crippen LogP contribution >= 0.6 is 0 Å². The second kappa shape index (κ2) is 5.68. The first-order valence-electron chi connectivity index (χ1n) is 9.42. The number of rotatable bonds is 3. The molecule has 4 aliphatic carbocycles. The van der Waals surface area contributed by atoms with Gasteiger partial charge in [-0.05, 0) is 74.0 Å². The highest BCUT2D eigenvalue weighted by molar-refractivity contribution is 5.94. The Morgan fingerprint density at radius 3 is 2.40 bits per heavy atom. The Hall–Kier alpha value is -2.17. The van der Waals surface area contributed by atoms with E-state index in [9.17, 15) is 4.79 Å². The third kappa shape index (κ3) is 2.48. The molecule has 25 heavy (non-hydrogen) atoms.